The van der Waals surface area contributed by atoms with Crippen LogP contribution < -0.4 is 20.5 Å². The van der Waals surface area contributed by atoms with E-state index in [4.69, 9.17) is 20.2 Å². The summed E-state index contributed by atoms with van der Waals surface area (Å²) in [7, 11) is 1.53. The van der Waals surface area contributed by atoms with Crippen LogP contribution in [0.1, 0.15) is 48.3 Å². The molecule has 3 heterocycles. The number of hydrogen-bond acceptors (Lipinski definition) is 8. The van der Waals surface area contributed by atoms with Gasteiger partial charge in [0.2, 0.25) is 5.91 Å². The summed E-state index contributed by atoms with van der Waals surface area (Å²) in [5.41, 5.74) is 5.00. The number of likely N-dealkylation sites (N-methyl/N-ethyl adjacent to an activating group) is 1. The highest BCUT2D eigenvalue weighted by Crippen LogP contribution is 2.46. The summed E-state index contributed by atoms with van der Waals surface area (Å²) < 4.78 is 25.2. The van der Waals surface area contributed by atoms with Crippen molar-refractivity contribution in [2.45, 2.75) is 37.7 Å². The second-order valence-corrected chi connectivity index (χ2v) is 10.9. The summed E-state index contributed by atoms with van der Waals surface area (Å²) >= 11 is 0. The van der Waals surface area contributed by atoms with Crippen molar-refractivity contribution in [1.29, 1.82) is 0 Å². The van der Waals surface area contributed by atoms with Gasteiger partial charge in [0, 0.05) is 41.7 Å². The number of halogens is 1. The van der Waals surface area contributed by atoms with Crippen molar-refractivity contribution in [3.63, 3.8) is 0 Å². The zero-order valence-electron chi connectivity index (χ0n) is 23.9. The van der Waals surface area contributed by atoms with Crippen LogP contribution >= 0.6 is 0 Å². The number of nitrogens with one attached hydrogen (secondary N) is 1. The molecule has 0 saturated heterocycles. The van der Waals surface area contributed by atoms with Gasteiger partial charge < -0.3 is 25.6 Å². The molecule has 2 aromatic heterocycles. The number of aromatic nitrogens is 2. The number of aliphatic hydroxyl groups is 1. The highest BCUT2D eigenvalue weighted by atomic mass is 19.1. The standard InChI is InChI=1S/C32H31FN4O6/c1-31(30(40)35-3)17-43-29-22(31)15-25(37-28(29)18-6-8-21(33)9-7-18)32(2,41)11-10-23(38)20-13-19-5-4-12-36-27(19)24(14-20)42-16-26(34)39/h4-9,12-15,41H,10-11,16-17H2,1-3H3,(H2,34,39)(H,35,40)/t31-,32-/m0/s1. The van der Waals surface area contributed by atoms with Gasteiger partial charge >= 0.3 is 0 Å². The van der Waals surface area contributed by atoms with Gasteiger partial charge in [-0.15, -0.1) is 0 Å². The van der Waals surface area contributed by atoms with E-state index in [9.17, 15) is 23.9 Å². The number of Topliss-reactive ketones (excluding diaryl/α,β-unsaturated/α-hetero) is 1. The van der Waals surface area contributed by atoms with Crippen LogP contribution in [-0.4, -0.2) is 52.9 Å². The van der Waals surface area contributed by atoms with E-state index in [2.05, 4.69) is 10.3 Å². The summed E-state index contributed by atoms with van der Waals surface area (Å²) in [4.78, 5) is 46.6. The van der Waals surface area contributed by atoms with Crippen LogP contribution in [0.3, 0.4) is 0 Å². The Bertz CT molecular complexity index is 1740. The first-order valence-corrected chi connectivity index (χ1v) is 13.7. The van der Waals surface area contributed by atoms with Crippen molar-refractivity contribution < 1.29 is 33.4 Å². The first-order valence-electron chi connectivity index (χ1n) is 13.7. The fourth-order valence-corrected chi connectivity index (χ4v) is 5.13. The van der Waals surface area contributed by atoms with E-state index in [0.717, 1.165) is 0 Å². The summed E-state index contributed by atoms with van der Waals surface area (Å²) in [6.45, 7) is 2.96. The van der Waals surface area contributed by atoms with Gasteiger partial charge in [0.25, 0.3) is 5.91 Å². The SMILES string of the molecule is CNC(=O)[C@@]1(C)COc2c1cc([C@@](C)(O)CCC(=O)c1cc(OCC(N)=O)c3ncccc3c1)nc2-c1ccc(F)cc1. The molecule has 11 heteroatoms. The number of ketones is 1. The van der Waals surface area contributed by atoms with Crippen LogP contribution in [0.4, 0.5) is 4.39 Å². The predicted octanol–water partition coefficient (Wildman–Crippen LogP) is 3.57. The lowest BCUT2D eigenvalue weighted by atomic mass is 9.81. The van der Waals surface area contributed by atoms with Crippen molar-refractivity contribution in [2.24, 2.45) is 5.73 Å². The molecule has 2 atom stereocenters. The normalized spacial score (nSPS) is 17.0. The molecule has 4 aromatic rings. The van der Waals surface area contributed by atoms with Gasteiger partial charge in [-0.05, 0) is 68.8 Å². The van der Waals surface area contributed by atoms with E-state index < -0.39 is 22.7 Å². The minimum atomic E-state index is -1.60. The topological polar surface area (TPSA) is 154 Å². The summed E-state index contributed by atoms with van der Waals surface area (Å²) in [5.74, 6) is -1.04. The Morgan fingerprint density at radius 1 is 1.19 bits per heavy atom. The van der Waals surface area contributed by atoms with Gasteiger partial charge in [-0.2, -0.15) is 0 Å². The predicted molar refractivity (Wildman–Crippen MR) is 156 cm³/mol. The molecular weight excluding hydrogens is 555 g/mol. The third kappa shape index (κ3) is 5.76. The molecule has 0 saturated carbocycles. The number of pyridine rings is 2. The zero-order valence-corrected chi connectivity index (χ0v) is 23.9. The van der Waals surface area contributed by atoms with E-state index in [1.165, 1.54) is 25.2 Å². The Morgan fingerprint density at radius 2 is 1.93 bits per heavy atom. The maximum absolute atomic E-state index is 13.7. The van der Waals surface area contributed by atoms with Crippen molar-refractivity contribution in [2.75, 3.05) is 20.3 Å². The summed E-state index contributed by atoms with van der Waals surface area (Å²) in [6.07, 6.45) is 1.49. The molecule has 0 unspecified atom stereocenters. The maximum atomic E-state index is 13.7. The molecule has 0 spiro atoms. The van der Waals surface area contributed by atoms with Gasteiger partial charge in [-0.25, -0.2) is 9.37 Å². The lowest BCUT2D eigenvalue weighted by molar-refractivity contribution is -0.126. The van der Waals surface area contributed by atoms with Gasteiger partial charge in [-0.3, -0.25) is 19.4 Å². The number of carbonyl (C=O) groups excluding carboxylic acids is 3. The smallest absolute Gasteiger partial charge is 0.255 e. The van der Waals surface area contributed by atoms with Gasteiger partial charge in [0.15, 0.2) is 12.4 Å². The van der Waals surface area contributed by atoms with Crippen molar-refractivity contribution in [3.8, 4) is 22.8 Å². The quantitative estimate of drug-likeness (QED) is 0.239. The summed E-state index contributed by atoms with van der Waals surface area (Å²) in [6, 6.07) is 14.0. The van der Waals surface area contributed by atoms with Gasteiger partial charge in [0.1, 0.15) is 46.1 Å². The Morgan fingerprint density at radius 3 is 2.63 bits per heavy atom. The van der Waals surface area contributed by atoms with Gasteiger partial charge in [0.05, 0.1) is 5.69 Å². The largest absolute Gasteiger partial charge is 0.489 e. The third-order valence-corrected chi connectivity index (χ3v) is 7.67. The number of rotatable bonds is 10. The third-order valence-electron chi connectivity index (χ3n) is 7.67. The zero-order chi connectivity index (χ0) is 30.9. The number of primary amides is 1. The highest BCUT2D eigenvalue weighted by molar-refractivity contribution is 6.01. The molecule has 0 fully saturated rings. The fourth-order valence-electron chi connectivity index (χ4n) is 5.13. The molecule has 10 nitrogen and oxygen atoms in total. The molecule has 0 aliphatic carbocycles. The average Bonchev–Trinajstić information content (AvgIpc) is 3.35. The van der Waals surface area contributed by atoms with Crippen LogP contribution in [0.2, 0.25) is 0 Å². The molecule has 1 aliphatic rings. The van der Waals surface area contributed by atoms with E-state index in [-0.39, 0.29) is 49.2 Å². The fraction of sp³-hybridized carbons (Fsp3) is 0.281. The first-order chi connectivity index (χ1) is 20.4. The number of carbonyl (C=O) groups is 3. The lowest BCUT2D eigenvalue weighted by Crippen LogP contribution is -2.42. The maximum Gasteiger partial charge on any atom is 0.255 e. The molecule has 222 valence electrons. The number of nitrogens with two attached hydrogens (primary N) is 1. The van der Waals surface area contributed by atoms with E-state index in [0.29, 0.717) is 39.0 Å². The second kappa shape index (κ2) is 11.4. The Kier molecular flexibility index (Phi) is 7.85. The lowest BCUT2D eigenvalue weighted by Gasteiger charge is -2.26. The number of nitrogens with zero attached hydrogens (tertiary/aromatic N) is 2. The number of amides is 2. The molecule has 5 rings (SSSR count). The first kappa shape index (κ1) is 29.6. The van der Waals surface area contributed by atoms with Crippen molar-refractivity contribution in [1.82, 2.24) is 15.3 Å². The summed E-state index contributed by atoms with van der Waals surface area (Å²) in [5, 5.41) is 15.0. The Labute approximate surface area is 247 Å². The van der Waals surface area contributed by atoms with Crippen LogP contribution in [0, 0.1) is 5.82 Å². The van der Waals surface area contributed by atoms with E-state index in [1.807, 2.05) is 0 Å². The second-order valence-electron chi connectivity index (χ2n) is 10.9. The number of benzene rings is 2. The van der Waals surface area contributed by atoms with Crippen molar-refractivity contribution in [3.05, 3.63) is 83.4 Å². The minimum absolute atomic E-state index is 0.0133. The van der Waals surface area contributed by atoms with Crippen LogP contribution in [0.5, 0.6) is 11.5 Å². The molecule has 0 bridgehead atoms. The van der Waals surface area contributed by atoms with Crippen LogP contribution in [0.15, 0.2) is 60.8 Å². The van der Waals surface area contributed by atoms with E-state index in [1.54, 1.807) is 56.4 Å². The van der Waals surface area contributed by atoms with Crippen LogP contribution in [-0.2, 0) is 20.6 Å². The van der Waals surface area contributed by atoms with Crippen molar-refractivity contribution >= 4 is 28.5 Å². The van der Waals surface area contributed by atoms with Gasteiger partial charge in [-0.1, -0.05) is 6.07 Å². The van der Waals surface area contributed by atoms with Crippen LogP contribution in [0.25, 0.3) is 22.2 Å². The Hall–Kier alpha value is -4.90. The molecule has 43 heavy (non-hydrogen) atoms. The number of ether oxygens (including phenoxy) is 2. The number of fused-ring (bicyclic) bond motifs is 2. The monoisotopic (exact) mass is 586 g/mol. The minimum Gasteiger partial charge on any atom is -0.489 e. The molecular formula is C32H31FN4O6. The number of hydrogen-bond donors (Lipinski definition) is 3. The Balaban J connectivity index is 1.48. The molecule has 2 aromatic carbocycles. The average molecular weight is 587 g/mol. The highest BCUT2D eigenvalue weighted by Gasteiger charge is 2.45. The molecule has 0 radical (unpaired) electrons. The molecule has 1 aliphatic heterocycles. The molecule has 4 N–H and O–H groups in total. The molecule has 2 amide bonds. The van der Waals surface area contributed by atoms with E-state index >= 15 is 0 Å².